The number of anilines is 1. The number of aryl methyl sites for hydroxylation is 2. The zero-order valence-electron chi connectivity index (χ0n) is 17.0. The first-order valence-electron chi connectivity index (χ1n) is 8.59. The Balaban J connectivity index is 0.00000320. The summed E-state index contributed by atoms with van der Waals surface area (Å²) in [5, 5.41) is 17.2. The molecule has 0 aliphatic carbocycles. The molecule has 3 aromatic rings. The van der Waals surface area contributed by atoms with E-state index in [-0.39, 0.29) is 47.6 Å². The van der Waals surface area contributed by atoms with Crippen molar-refractivity contribution in [2.45, 2.75) is 20.3 Å². The summed E-state index contributed by atoms with van der Waals surface area (Å²) in [6.45, 7) is 3.78. The van der Waals surface area contributed by atoms with Gasteiger partial charge in [-0.3, -0.25) is 9.82 Å². The van der Waals surface area contributed by atoms with Crippen molar-refractivity contribution in [2.24, 2.45) is 0 Å². The Hall–Kier alpha value is -2.40. The Morgan fingerprint density at radius 1 is 1.20 bits per heavy atom. The number of ether oxygens (including phenoxy) is 1. The van der Waals surface area contributed by atoms with Gasteiger partial charge in [0.2, 0.25) is 0 Å². The Kier molecular flexibility index (Phi) is 8.42. The summed E-state index contributed by atoms with van der Waals surface area (Å²) in [5.74, 6) is 0.146. The molecule has 152 valence electrons. The Labute approximate surface area is 198 Å². The van der Waals surface area contributed by atoms with Gasteiger partial charge < -0.3 is 18.8 Å². The monoisotopic (exact) mass is 438 g/mol. The quantitative estimate of drug-likeness (QED) is 0.408. The first kappa shape index (κ1) is 23.9. The van der Waals surface area contributed by atoms with Gasteiger partial charge in [0.15, 0.2) is 5.82 Å². The molecule has 0 saturated carbocycles. The molecule has 1 aromatic heterocycles. The number of hydrogen-bond acceptors (Lipinski definition) is 7. The number of carboxylic acids is 1. The van der Waals surface area contributed by atoms with E-state index < -0.39 is 17.2 Å². The van der Waals surface area contributed by atoms with Crippen molar-refractivity contribution in [1.29, 1.82) is 0 Å². The van der Waals surface area contributed by atoms with Gasteiger partial charge in [-0.05, 0) is 49.2 Å². The summed E-state index contributed by atoms with van der Waals surface area (Å²) in [7, 11) is 1.49. The van der Waals surface area contributed by atoms with Crippen LogP contribution in [-0.2, 0) is 22.5 Å². The number of carbonyl (C=O) groups is 1. The van der Waals surface area contributed by atoms with Crippen molar-refractivity contribution >= 4 is 22.9 Å². The second kappa shape index (κ2) is 10.6. The van der Waals surface area contributed by atoms with Gasteiger partial charge in [-0.25, -0.2) is 4.98 Å². The first-order chi connectivity index (χ1) is 13.9. The van der Waals surface area contributed by atoms with Gasteiger partial charge in [0.25, 0.3) is 0 Å². The minimum absolute atomic E-state index is 0. The third kappa shape index (κ3) is 6.05. The van der Waals surface area contributed by atoms with Crippen LogP contribution in [0.15, 0.2) is 36.4 Å². The third-order valence-electron chi connectivity index (χ3n) is 4.00. The van der Waals surface area contributed by atoms with Crippen LogP contribution >= 0.6 is 0 Å². The number of nitrogens with zero attached hydrogens (tertiary/aromatic N) is 2. The summed E-state index contributed by atoms with van der Waals surface area (Å²) >= 11 is -1.88. The van der Waals surface area contributed by atoms with E-state index in [4.69, 9.17) is 8.92 Å². The fourth-order valence-corrected chi connectivity index (χ4v) is 3.28. The maximum Gasteiger partial charge on any atom is 1.00 e. The van der Waals surface area contributed by atoms with E-state index in [0.29, 0.717) is 22.7 Å². The second-order valence-corrected chi connectivity index (χ2v) is 7.10. The minimum Gasteiger partial charge on any atom is -0.550 e. The predicted octanol–water partition coefficient (Wildman–Crippen LogP) is -1.54. The van der Waals surface area contributed by atoms with Crippen molar-refractivity contribution in [2.75, 3.05) is 11.8 Å². The third-order valence-corrected chi connectivity index (χ3v) is 4.72. The van der Waals surface area contributed by atoms with Crippen LogP contribution in [0.4, 0.5) is 5.69 Å². The van der Waals surface area contributed by atoms with E-state index in [9.17, 15) is 14.1 Å². The fourth-order valence-electron chi connectivity index (χ4n) is 2.56. The number of hydrogen-bond donors (Lipinski definition) is 2. The molecular formula is C19H19N4NaO5S. The Morgan fingerprint density at radius 3 is 2.67 bits per heavy atom. The summed E-state index contributed by atoms with van der Waals surface area (Å²) in [6.07, 6.45) is -0.373. The van der Waals surface area contributed by atoms with Crippen molar-refractivity contribution in [1.82, 2.24) is 15.2 Å². The molecular weight excluding hydrogens is 419 g/mol. The normalized spacial score (nSPS) is 11.3. The zero-order valence-corrected chi connectivity index (χ0v) is 19.8. The smallest absolute Gasteiger partial charge is 0.550 e. The average Bonchev–Trinajstić information content (AvgIpc) is 3.12. The molecule has 30 heavy (non-hydrogen) atoms. The van der Waals surface area contributed by atoms with Crippen LogP contribution in [-0.4, -0.2) is 32.5 Å². The van der Waals surface area contributed by atoms with E-state index >= 15 is 0 Å². The number of carbonyl (C=O) groups excluding carboxylic acids is 1. The second-order valence-electron chi connectivity index (χ2n) is 6.26. The van der Waals surface area contributed by atoms with Crippen molar-refractivity contribution in [3.05, 3.63) is 53.3 Å². The van der Waals surface area contributed by atoms with E-state index in [1.807, 2.05) is 26.0 Å². The molecule has 1 atom stereocenters. The molecule has 3 rings (SSSR count). The SMILES string of the molecule is COc1ccc(-c2n[nH]c(CC(=O)[O-])n2)cc1NS(=O)Oc1cc(C)ccc1C.[Na+]. The van der Waals surface area contributed by atoms with Crippen LogP contribution < -0.4 is 48.3 Å². The number of rotatable bonds is 8. The molecule has 1 unspecified atom stereocenters. The van der Waals surface area contributed by atoms with Crippen molar-refractivity contribution in [3.8, 4) is 22.9 Å². The standard InChI is InChI=1S/C19H20N4O5S.Na/c1-11-4-5-12(2)16(8-11)28-29(26)23-14-9-13(6-7-15(14)27-3)19-20-17(21-22-19)10-18(24)25;/h4-9,23H,10H2,1-3H3,(H,24,25)(H,20,21,22);/q;+1/p-1. The number of benzene rings is 2. The molecule has 11 heteroatoms. The van der Waals surface area contributed by atoms with E-state index in [1.54, 1.807) is 24.3 Å². The fraction of sp³-hybridized carbons (Fsp3) is 0.211. The molecule has 0 bridgehead atoms. The maximum atomic E-state index is 12.5. The van der Waals surface area contributed by atoms with Crippen LogP contribution in [0.3, 0.4) is 0 Å². The van der Waals surface area contributed by atoms with Gasteiger partial charge in [-0.15, -0.1) is 0 Å². The number of aliphatic carboxylic acids is 1. The predicted molar refractivity (Wildman–Crippen MR) is 105 cm³/mol. The van der Waals surface area contributed by atoms with E-state index in [2.05, 4.69) is 19.9 Å². The largest absolute Gasteiger partial charge is 1.00 e. The number of aromatic amines is 1. The van der Waals surface area contributed by atoms with Crippen LogP contribution in [0.1, 0.15) is 17.0 Å². The topological polar surface area (TPSA) is 129 Å². The first-order valence-corrected chi connectivity index (χ1v) is 9.66. The molecule has 0 fully saturated rings. The van der Waals surface area contributed by atoms with Gasteiger partial charge in [-0.2, -0.15) is 9.31 Å². The van der Waals surface area contributed by atoms with Gasteiger partial charge in [0, 0.05) is 18.0 Å². The zero-order chi connectivity index (χ0) is 21.0. The van der Waals surface area contributed by atoms with Crippen LogP contribution in [0, 0.1) is 13.8 Å². The Bertz CT molecular complexity index is 1070. The minimum atomic E-state index is -1.88. The average molecular weight is 438 g/mol. The molecule has 0 amide bonds. The summed E-state index contributed by atoms with van der Waals surface area (Å²) in [6, 6.07) is 10.6. The molecule has 0 aliphatic heterocycles. The number of aromatic nitrogens is 3. The molecule has 1 heterocycles. The van der Waals surface area contributed by atoms with Crippen molar-refractivity contribution < 1.29 is 52.6 Å². The molecule has 0 saturated heterocycles. The number of H-pyrrole nitrogens is 1. The Morgan fingerprint density at radius 2 is 1.97 bits per heavy atom. The number of nitrogens with one attached hydrogen (secondary N) is 2. The van der Waals surface area contributed by atoms with Gasteiger partial charge >= 0.3 is 40.8 Å². The summed E-state index contributed by atoms with van der Waals surface area (Å²) in [4.78, 5) is 14.8. The van der Waals surface area contributed by atoms with Crippen LogP contribution in [0.2, 0.25) is 0 Å². The molecule has 2 aromatic carbocycles. The molecule has 0 spiro atoms. The molecule has 0 radical (unpaired) electrons. The van der Waals surface area contributed by atoms with Crippen LogP contribution in [0.25, 0.3) is 11.4 Å². The van der Waals surface area contributed by atoms with Gasteiger partial charge in [-0.1, -0.05) is 12.1 Å². The number of carboxylic acid groups (broad SMARTS) is 1. The van der Waals surface area contributed by atoms with Crippen LogP contribution in [0.5, 0.6) is 11.5 Å². The summed E-state index contributed by atoms with van der Waals surface area (Å²) < 4.78 is 26.1. The van der Waals surface area contributed by atoms with Gasteiger partial charge in [0.1, 0.15) is 17.3 Å². The summed E-state index contributed by atoms with van der Waals surface area (Å²) in [5.41, 5.74) is 2.81. The number of methoxy groups -OCH3 is 1. The van der Waals surface area contributed by atoms with E-state index in [0.717, 1.165) is 11.1 Å². The van der Waals surface area contributed by atoms with Crippen molar-refractivity contribution in [3.63, 3.8) is 0 Å². The molecule has 9 nitrogen and oxygen atoms in total. The van der Waals surface area contributed by atoms with Gasteiger partial charge in [0.05, 0.1) is 12.8 Å². The molecule has 2 N–H and O–H groups in total. The van der Waals surface area contributed by atoms with E-state index in [1.165, 1.54) is 7.11 Å². The maximum absolute atomic E-state index is 12.5. The molecule has 0 aliphatic rings.